The number of hydrogen-bond acceptors (Lipinski definition) is 2. The van der Waals surface area contributed by atoms with E-state index in [9.17, 15) is 0 Å². The lowest BCUT2D eigenvalue weighted by Crippen LogP contribution is -2.17. The first-order valence-corrected chi connectivity index (χ1v) is 25.6. The molecule has 0 saturated carbocycles. The van der Waals surface area contributed by atoms with Gasteiger partial charge in [0.05, 0.1) is 27.8 Å². The lowest BCUT2D eigenvalue weighted by atomic mass is 9.81. The van der Waals surface area contributed by atoms with Gasteiger partial charge >= 0.3 is 0 Å². The van der Waals surface area contributed by atoms with Gasteiger partial charge < -0.3 is 18.5 Å². The first kappa shape index (κ1) is 42.7. The van der Waals surface area contributed by atoms with Gasteiger partial charge in [-0.1, -0.05) is 173 Å². The fourth-order valence-electron chi connectivity index (χ4n) is 12.2. The van der Waals surface area contributed by atoms with Crippen molar-refractivity contribution in [1.82, 2.24) is 9.13 Å². The molecule has 348 valence electrons. The van der Waals surface area contributed by atoms with E-state index in [1.54, 1.807) is 0 Å². The van der Waals surface area contributed by atoms with Crippen molar-refractivity contribution in [3.8, 4) is 33.6 Å². The number of rotatable bonds is 6. The summed E-state index contributed by atoms with van der Waals surface area (Å²) in [6, 6.07) is 86.6. The molecule has 0 bridgehead atoms. The lowest BCUT2D eigenvalue weighted by Gasteiger charge is -2.28. The molecule has 0 spiro atoms. The van der Waals surface area contributed by atoms with Crippen LogP contribution in [0.1, 0.15) is 38.8 Å². The molecule has 3 aromatic heterocycles. The van der Waals surface area contributed by atoms with Gasteiger partial charge in [-0.05, 0) is 124 Å². The summed E-state index contributed by atoms with van der Waals surface area (Å²) in [6.07, 6.45) is 0. The molecule has 0 atom stereocenters. The van der Waals surface area contributed by atoms with Crippen molar-refractivity contribution >= 4 is 93.4 Å². The van der Waals surface area contributed by atoms with E-state index in [0.29, 0.717) is 0 Å². The maximum Gasteiger partial charge on any atom is 0.137 e. The van der Waals surface area contributed by atoms with Crippen LogP contribution in [0.15, 0.2) is 241 Å². The van der Waals surface area contributed by atoms with Gasteiger partial charge in [0.2, 0.25) is 0 Å². The number of para-hydroxylation sites is 5. The van der Waals surface area contributed by atoms with Crippen LogP contribution in [0.4, 0.5) is 17.1 Å². The van der Waals surface area contributed by atoms with E-state index in [0.717, 1.165) is 50.3 Å². The van der Waals surface area contributed by atoms with Gasteiger partial charge in [-0.15, -0.1) is 0 Å². The van der Waals surface area contributed by atoms with Gasteiger partial charge in [-0.25, -0.2) is 0 Å². The van der Waals surface area contributed by atoms with Crippen molar-refractivity contribution in [3.63, 3.8) is 0 Å². The standard InChI is InChI=1S/C67H45N3O.C2H6/c1-67(2)57-39-46(34-37-56(57)66-55-23-7-6-21-51(55)63(41-58(66)67)70-60-25-13-9-18-48(60)49-19-10-14-26-61(49)70)68(47-33-36-54-53-22-11-15-27-64(53)71-65(54)40-47)45-31-28-42(29-32-45)43-30-35-52-50-20-8-12-24-59(50)69(62(52)38-43)44-16-4-3-5-17-44;1-2/h3-41H,1-2H3;1-2H3. The summed E-state index contributed by atoms with van der Waals surface area (Å²) < 4.78 is 11.4. The Morgan fingerprint density at radius 2 is 0.863 bits per heavy atom. The first-order chi connectivity index (χ1) is 36.0. The van der Waals surface area contributed by atoms with Crippen LogP contribution < -0.4 is 4.90 Å². The summed E-state index contributed by atoms with van der Waals surface area (Å²) in [6.45, 7) is 8.80. The van der Waals surface area contributed by atoms with Crippen LogP contribution >= 0.6 is 0 Å². The molecule has 15 rings (SSSR count). The number of benzene rings is 11. The molecule has 1 aliphatic carbocycles. The monoisotopic (exact) mass is 937 g/mol. The highest BCUT2D eigenvalue weighted by Crippen LogP contribution is 2.55. The lowest BCUT2D eigenvalue weighted by molar-refractivity contribution is 0.660. The summed E-state index contributed by atoms with van der Waals surface area (Å²) in [5.74, 6) is 0. The van der Waals surface area contributed by atoms with Crippen molar-refractivity contribution in [2.45, 2.75) is 33.1 Å². The molecule has 1 aliphatic rings. The molecule has 0 aliphatic heterocycles. The van der Waals surface area contributed by atoms with E-state index >= 15 is 0 Å². The van der Waals surface area contributed by atoms with E-state index in [2.05, 4.69) is 258 Å². The second kappa shape index (κ2) is 16.5. The minimum absolute atomic E-state index is 0.308. The zero-order chi connectivity index (χ0) is 49.0. The van der Waals surface area contributed by atoms with Gasteiger partial charge in [0.15, 0.2) is 0 Å². The first-order valence-electron chi connectivity index (χ1n) is 25.6. The second-order valence-corrected chi connectivity index (χ2v) is 19.7. The van der Waals surface area contributed by atoms with Crippen LogP contribution in [-0.2, 0) is 5.41 Å². The molecule has 4 nitrogen and oxygen atoms in total. The largest absolute Gasteiger partial charge is 0.456 e. The van der Waals surface area contributed by atoms with Gasteiger partial charge in [0, 0.05) is 71.9 Å². The molecule has 11 aromatic carbocycles. The van der Waals surface area contributed by atoms with Crippen molar-refractivity contribution in [1.29, 1.82) is 0 Å². The summed E-state index contributed by atoms with van der Waals surface area (Å²) >= 11 is 0. The quantitative estimate of drug-likeness (QED) is 0.166. The van der Waals surface area contributed by atoms with Gasteiger partial charge in [-0.3, -0.25) is 0 Å². The van der Waals surface area contributed by atoms with Gasteiger partial charge in [0.1, 0.15) is 11.2 Å². The summed E-state index contributed by atoms with van der Waals surface area (Å²) in [7, 11) is 0. The number of anilines is 3. The molecular weight excluding hydrogens is 887 g/mol. The third kappa shape index (κ3) is 6.40. The minimum atomic E-state index is -0.308. The zero-order valence-electron chi connectivity index (χ0n) is 41.3. The fraction of sp³-hybridized carbons (Fsp3) is 0.0725. The Morgan fingerprint density at radius 3 is 1.56 bits per heavy atom. The van der Waals surface area contributed by atoms with Crippen molar-refractivity contribution in [3.05, 3.63) is 248 Å². The number of nitrogens with zero attached hydrogens (tertiary/aromatic N) is 3. The molecule has 0 amide bonds. The second-order valence-electron chi connectivity index (χ2n) is 19.7. The highest BCUT2D eigenvalue weighted by Gasteiger charge is 2.38. The van der Waals surface area contributed by atoms with E-state index in [-0.39, 0.29) is 5.41 Å². The number of hydrogen-bond donors (Lipinski definition) is 0. The van der Waals surface area contributed by atoms with Crippen LogP contribution in [0, 0.1) is 0 Å². The van der Waals surface area contributed by atoms with E-state index < -0.39 is 0 Å². The Bertz CT molecular complexity index is 4440. The Kier molecular flexibility index (Phi) is 9.65. The average Bonchev–Trinajstić information content (AvgIpc) is 4.16. The smallest absolute Gasteiger partial charge is 0.137 e. The van der Waals surface area contributed by atoms with Crippen LogP contribution in [0.3, 0.4) is 0 Å². The average molecular weight is 938 g/mol. The molecule has 14 aromatic rings. The molecule has 4 heteroatoms. The molecular formula is C69H51N3O. The predicted molar refractivity (Wildman–Crippen MR) is 309 cm³/mol. The third-order valence-electron chi connectivity index (χ3n) is 15.5. The predicted octanol–water partition coefficient (Wildman–Crippen LogP) is 19.4. The zero-order valence-corrected chi connectivity index (χ0v) is 41.3. The molecule has 0 radical (unpaired) electrons. The Balaban J connectivity index is 0.00000244. The highest BCUT2D eigenvalue weighted by atomic mass is 16.3. The Morgan fingerprint density at radius 1 is 0.356 bits per heavy atom. The number of aromatic nitrogens is 2. The van der Waals surface area contributed by atoms with E-state index in [4.69, 9.17) is 4.42 Å². The van der Waals surface area contributed by atoms with Crippen LogP contribution in [0.5, 0.6) is 0 Å². The van der Waals surface area contributed by atoms with Crippen molar-refractivity contribution in [2.75, 3.05) is 4.90 Å². The van der Waals surface area contributed by atoms with E-state index in [1.807, 2.05) is 19.9 Å². The van der Waals surface area contributed by atoms with Crippen LogP contribution in [0.25, 0.3) is 110 Å². The molecule has 0 saturated heterocycles. The summed E-state index contributed by atoms with van der Waals surface area (Å²) in [5.41, 5.74) is 19.4. The fourth-order valence-corrected chi connectivity index (χ4v) is 12.2. The molecule has 73 heavy (non-hydrogen) atoms. The minimum Gasteiger partial charge on any atom is -0.456 e. The maximum absolute atomic E-state index is 6.55. The molecule has 0 fully saturated rings. The number of fused-ring (bicyclic) bond motifs is 14. The summed E-state index contributed by atoms with van der Waals surface area (Å²) in [5, 5.41) is 9.77. The van der Waals surface area contributed by atoms with Gasteiger partial charge in [-0.2, -0.15) is 0 Å². The normalized spacial score (nSPS) is 12.8. The van der Waals surface area contributed by atoms with E-state index in [1.165, 1.54) is 87.9 Å². The Hall–Kier alpha value is -9.12. The number of furan rings is 1. The highest BCUT2D eigenvalue weighted by molar-refractivity contribution is 6.14. The molecule has 0 N–H and O–H groups in total. The Labute approximate surface area is 424 Å². The summed E-state index contributed by atoms with van der Waals surface area (Å²) in [4.78, 5) is 2.40. The van der Waals surface area contributed by atoms with Crippen molar-refractivity contribution < 1.29 is 4.42 Å². The maximum atomic E-state index is 6.55. The van der Waals surface area contributed by atoms with Crippen LogP contribution in [0.2, 0.25) is 0 Å². The third-order valence-corrected chi connectivity index (χ3v) is 15.5. The topological polar surface area (TPSA) is 26.2 Å². The molecule has 0 unspecified atom stereocenters. The van der Waals surface area contributed by atoms with Crippen LogP contribution in [-0.4, -0.2) is 9.13 Å². The van der Waals surface area contributed by atoms with Gasteiger partial charge in [0.25, 0.3) is 0 Å². The molecule has 3 heterocycles. The van der Waals surface area contributed by atoms with Crippen molar-refractivity contribution in [2.24, 2.45) is 0 Å². The SMILES string of the molecule is CC.CC1(C)c2cc(N(c3ccc(-c4ccc5c6ccccc6n(-c6ccccc6)c5c4)cc3)c3ccc4c(c3)oc3ccccc34)ccc2-c2c1cc(-n1c3ccccc3c3ccccc31)c1ccccc21.